The molecule has 2 heterocycles. The molecule has 8 heteroatoms. The molecule has 2 unspecified atom stereocenters. The second-order valence-corrected chi connectivity index (χ2v) is 8.64. The van der Waals surface area contributed by atoms with Crippen molar-refractivity contribution in [3.8, 4) is 11.3 Å². The average Bonchev–Trinajstić information content (AvgIpc) is 3.21. The van der Waals surface area contributed by atoms with Crippen molar-refractivity contribution in [3.63, 3.8) is 0 Å². The van der Waals surface area contributed by atoms with Crippen molar-refractivity contribution in [3.05, 3.63) is 59.4 Å². The highest BCUT2D eigenvalue weighted by atomic mass is 19.1. The first-order valence-corrected chi connectivity index (χ1v) is 10.6. The summed E-state index contributed by atoms with van der Waals surface area (Å²) in [6, 6.07) is 7.22. The summed E-state index contributed by atoms with van der Waals surface area (Å²) in [7, 11) is 0. The van der Waals surface area contributed by atoms with E-state index >= 15 is 0 Å². The summed E-state index contributed by atoms with van der Waals surface area (Å²) in [5, 5.41) is 3.17. The Kier molecular flexibility index (Phi) is 4.95. The van der Waals surface area contributed by atoms with Gasteiger partial charge in [-0.2, -0.15) is 0 Å². The van der Waals surface area contributed by atoms with Gasteiger partial charge in [0.1, 0.15) is 29.6 Å². The largest absolute Gasteiger partial charge is 0.461 e. The first kappa shape index (κ1) is 20.6. The lowest BCUT2D eigenvalue weighted by atomic mass is 9.69. The number of cyclic esters (lactones) is 1. The van der Waals surface area contributed by atoms with Gasteiger partial charge in [-0.1, -0.05) is 0 Å². The number of hydrogen-bond acceptors (Lipinski definition) is 3. The molecule has 1 saturated heterocycles. The van der Waals surface area contributed by atoms with Crippen LogP contribution in [0.25, 0.3) is 22.2 Å². The van der Waals surface area contributed by atoms with E-state index in [2.05, 4.69) is 10.3 Å². The highest BCUT2D eigenvalue weighted by Crippen LogP contribution is 2.48. The number of carbonyl (C=O) groups is 2. The Balaban J connectivity index is 1.43. The van der Waals surface area contributed by atoms with Crippen LogP contribution in [0.15, 0.2) is 36.4 Å². The second kappa shape index (κ2) is 7.69. The summed E-state index contributed by atoms with van der Waals surface area (Å²) in [5.74, 6) is -2.88. The molecule has 2 fully saturated rings. The molecule has 0 radical (unpaired) electrons. The zero-order valence-corrected chi connectivity index (χ0v) is 17.3. The number of H-pyrrole nitrogens is 1. The van der Waals surface area contributed by atoms with E-state index < -0.39 is 29.5 Å². The zero-order valence-electron chi connectivity index (χ0n) is 17.3. The van der Waals surface area contributed by atoms with Crippen molar-refractivity contribution in [1.82, 2.24) is 10.3 Å². The first-order valence-electron chi connectivity index (χ1n) is 10.6. The van der Waals surface area contributed by atoms with Gasteiger partial charge in [0.15, 0.2) is 0 Å². The molecule has 32 heavy (non-hydrogen) atoms. The maximum Gasteiger partial charge on any atom is 0.329 e. The number of aromatic amines is 1. The molecule has 1 aliphatic heterocycles. The number of esters is 1. The fourth-order valence-electron chi connectivity index (χ4n) is 4.74. The van der Waals surface area contributed by atoms with E-state index in [1.165, 1.54) is 18.2 Å². The van der Waals surface area contributed by atoms with Crippen molar-refractivity contribution in [2.24, 2.45) is 5.92 Å². The first-order chi connectivity index (χ1) is 15.3. The summed E-state index contributed by atoms with van der Waals surface area (Å²) in [6.45, 7) is 1.77. The molecule has 1 amide bonds. The molecule has 166 valence electrons. The van der Waals surface area contributed by atoms with Gasteiger partial charge in [0, 0.05) is 23.8 Å². The normalized spacial score (nSPS) is 24.9. The van der Waals surface area contributed by atoms with Crippen LogP contribution in [0, 0.1) is 23.4 Å². The minimum absolute atomic E-state index is 0.116. The Morgan fingerprint density at radius 2 is 1.78 bits per heavy atom. The van der Waals surface area contributed by atoms with Crippen LogP contribution in [0.2, 0.25) is 0 Å². The molecule has 5 rings (SSSR count). The number of aromatic nitrogens is 1. The number of hydrogen-bond donors (Lipinski definition) is 2. The molecule has 1 saturated carbocycles. The molecular weight excluding hydrogens is 421 g/mol. The predicted octanol–water partition coefficient (Wildman–Crippen LogP) is 4.57. The van der Waals surface area contributed by atoms with Crippen molar-refractivity contribution in [1.29, 1.82) is 0 Å². The summed E-state index contributed by atoms with van der Waals surface area (Å²) in [6.07, 6.45) is 1.16. The van der Waals surface area contributed by atoms with E-state index in [1.807, 2.05) is 0 Å². The number of amides is 1. The van der Waals surface area contributed by atoms with Crippen molar-refractivity contribution < 1.29 is 27.5 Å². The fourth-order valence-corrected chi connectivity index (χ4v) is 4.74. The third-order valence-corrected chi connectivity index (χ3v) is 6.40. The van der Waals surface area contributed by atoms with E-state index in [0.717, 1.165) is 6.07 Å². The fraction of sp³-hybridized carbons (Fsp3) is 0.333. The lowest BCUT2D eigenvalue weighted by Gasteiger charge is -2.35. The van der Waals surface area contributed by atoms with Crippen LogP contribution in [0.4, 0.5) is 13.2 Å². The molecule has 3 aromatic rings. The predicted molar refractivity (Wildman–Crippen MR) is 111 cm³/mol. The smallest absolute Gasteiger partial charge is 0.329 e. The maximum absolute atomic E-state index is 14.5. The van der Waals surface area contributed by atoms with Gasteiger partial charge in [-0.3, -0.25) is 4.79 Å². The highest BCUT2D eigenvalue weighted by molar-refractivity contribution is 5.93. The van der Waals surface area contributed by atoms with Crippen molar-refractivity contribution >= 4 is 22.8 Å². The van der Waals surface area contributed by atoms with E-state index in [9.17, 15) is 22.8 Å². The number of carbonyl (C=O) groups excluding carboxylic acids is 2. The average molecular weight is 442 g/mol. The topological polar surface area (TPSA) is 71.2 Å². The van der Waals surface area contributed by atoms with Crippen LogP contribution in [-0.2, 0) is 14.3 Å². The van der Waals surface area contributed by atoms with Crippen LogP contribution in [-0.4, -0.2) is 29.0 Å². The lowest BCUT2D eigenvalue weighted by molar-refractivity contribution is -0.144. The Bertz CT molecular complexity index is 1220. The number of benzene rings is 2. The molecule has 2 atom stereocenters. The van der Waals surface area contributed by atoms with E-state index in [4.69, 9.17) is 4.74 Å². The van der Waals surface area contributed by atoms with Gasteiger partial charge in [-0.05, 0) is 67.1 Å². The number of fused-ring (bicyclic) bond motifs is 1. The molecule has 2 aromatic carbocycles. The van der Waals surface area contributed by atoms with Gasteiger partial charge in [0.25, 0.3) is 0 Å². The van der Waals surface area contributed by atoms with E-state index in [1.54, 1.807) is 19.1 Å². The summed E-state index contributed by atoms with van der Waals surface area (Å²) in [5.41, 5.74) is 2.12. The monoisotopic (exact) mass is 442 g/mol. The van der Waals surface area contributed by atoms with Crippen LogP contribution in [0.5, 0.6) is 0 Å². The SMILES string of the molecule is CC1CC(NC(=O)C2CC(c3c(-c4ccc(F)cc4)[nH]c4c(F)cc(F)cc34)C2)C(=O)O1. The second-order valence-electron chi connectivity index (χ2n) is 8.64. The molecule has 0 spiro atoms. The summed E-state index contributed by atoms with van der Waals surface area (Å²) >= 11 is 0. The van der Waals surface area contributed by atoms with Gasteiger partial charge in [0.2, 0.25) is 5.91 Å². The third-order valence-electron chi connectivity index (χ3n) is 6.40. The van der Waals surface area contributed by atoms with Crippen LogP contribution in [0.1, 0.15) is 37.7 Å². The van der Waals surface area contributed by atoms with Crippen molar-refractivity contribution in [2.75, 3.05) is 0 Å². The maximum atomic E-state index is 14.5. The number of nitrogens with one attached hydrogen (secondary N) is 2. The molecular formula is C24H21F3N2O3. The molecule has 0 bridgehead atoms. The minimum Gasteiger partial charge on any atom is -0.461 e. The standard InChI is InChI=1S/C24H21F3N2O3/c1-11-6-19(24(31)32-11)28-23(30)14-7-13(8-14)20-17-9-16(26)10-18(27)22(17)29-21(20)12-2-4-15(25)5-3-12/h2-5,9-11,13-14,19,29H,6-8H2,1H3,(H,28,30). The zero-order chi connectivity index (χ0) is 22.6. The minimum atomic E-state index is -0.711. The summed E-state index contributed by atoms with van der Waals surface area (Å²) < 4.78 is 47.0. The number of ether oxygens (including phenoxy) is 1. The van der Waals surface area contributed by atoms with Gasteiger partial charge in [0.05, 0.1) is 11.2 Å². The molecule has 1 aromatic heterocycles. The number of halogens is 3. The van der Waals surface area contributed by atoms with Crippen molar-refractivity contribution in [2.45, 2.75) is 44.2 Å². The molecule has 1 aliphatic carbocycles. The van der Waals surface area contributed by atoms with E-state index in [-0.39, 0.29) is 29.4 Å². The van der Waals surface area contributed by atoms with Crippen LogP contribution >= 0.6 is 0 Å². The van der Waals surface area contributed by atoms with Gasteiger partial charge < -0.3 is 15.0 Å². The Morgan fingerprint density at radius 1 is 1.06 bits per heavy atom. The Morgan fingerprint density at radius 3 is 2.44 bits per heavy atom. The number of rotatable bonds is 4. The van der Waals surface area contributed by atoms with Crippen LogP contribution < -0.4 is 5.32 Å². The van der Waals surface area contributed by atoms with E-state index in [0.29, 0.717) is 41.5 Å². The van der Waals surface area contributed by atoms with Crippen LogP contribution in [0.3, 0.4) is 0 Å². The Labute approximate surface area is 182 Å². The molecule has 2 N–H and O–H groups in total. The molecule has 5 nitrogen and oxygen atoms in total. The lowest BCUT2D eigenvalue weighted by Crippen LogP contribution is -2.44. The van der Waals surface area contributed by atoms with Gasteiger partial charge >= 0.3 is 5.97 Å². The highest BCUT2D eigenvalue weighted by Gasteiger charge is 2.41. The van der Waals surface area contributed by atoms with Gasteiger partial charge in [-0.25, -0.2) is 18.0 Å². The Hall–Kier alpha value is -3.29. The molecule has 2 aliphatic rings. The third kappa shape index (κ3) is 3.53. The van der Waals surface area contributed by atoms with Gasteiger partial charge in [-0.15, -0.1) is 0 Å². The quantitative estimate of drug-likeness (QED) is 0.582. The summed E-state index contributed by atoms with van der Waals surface area (Å²) in [4.78, 5) is 27.5.